The van der Waals surface area contributed by atoms with Crippen molar-refractivity contribution in [3.63, 3.8) is 0 Å². The molecule has 30 heavy (non-hydrogen) atoms. The summed E-state index contributed by atoms with van der Waals surface area (Å²) in [7, 11) is 3.87. The molecular weight excluding hydrogens is 388 g/mol. The van der Waals surface area contributed by atoms with Gasteiger partial charge >= 0.3 is 0 Å². The molecule has 0 fully saturated rings. The van der Waals surface area contributed by atoms with E-state index in [2.05, 4.69) is 45.9 Å². The van der Waals surface area contributed by atoms with E-state index in [1.165, 1.54) is 21.9 Å². The number of aromatic nitrogens is 4. The number of aliphatic carboxylic acids is 2. The average molecular weight is 412 g/mol. The number of rotatable bonds is 2. The fourth-order valence-electron chi connectivity index (χ4n) is 2.71. The van der Waals surface area contributed by atoms with Crippen LogP contribution in [0.4, 0.5) is 0 Å². The van der Waals surface area contributed by atoms with Crippen LogP contribution in [0.2, 0.25) is 0 Å². The minimum Gasteiger partial charge on any atom is -0.543 e. The van der Waals surface area contributed by atoms with Gasteiger partial charge < -0.3 is 31.3 Å². The average Bonchev–Trinajstić information content (AvgIpc) is 3.27. The summed E-state index contributed by atoms with van der Waals surface area (Å²) in [6, 6.07) is 12.5. The second kappa shape index (κ2) is 10.1. The molecule has 158 valence electrons. The number of benzene rings is 2. The minimum atomic E-state index is -2.19. The lowest BCUT2D eigenvalue weighted by Crippen LogP contribution is -2.47. The van der Waals surface area contributed by atoms with Crippen LogP contribution in [0.5, 0.6) is 0 Å². The standard InChI is InChI=1S/2C9H11N3.C2H2O4/c2*1-12-6-8-4-7(5-10)2-3-9(8)11-12;3-1(4)2(5)6/h2*2-4,6H,5,10H2,1H3;(H,3,4)(H,5,6). The van der Waals surface area contributed by atoms with Crippen molar-refractivity contribution >= 4 is 33.7 Å². The molecule has 0 unspecified atom stereocenters. The lowest BCUT2D eigenvalue weighted by Gasteiger charge is -1.97. The summed E-state index contributed by atoms with van der Waals surface area (Å²) in [6.45, 7) is 1.68. The number of nitrogens with zero attached hydrogens (tertiary/aromatic N) is 4. The highest BCUT2D eigenvalue weighted by molar-refractivity contribution is 6.25. The zero-order valence-corrected chi connectivity index (χ0v) is 16.9. The van der Waals surface area contributed by atoms with Crippen molar-refractivity contribution in [3.05, 3.63) is 59.9 Å². The molecule has 0 bridgehead atoms. The van der Waals surface area contributed by atoms with Crippen LogP contribution >= 0.6 is 0 Å². The predicted molar refractivity (Wildman–Crippen MR) is 105 cm³/mol. The van der Waals surface area contributed by atoms with E-state index >= 15 is 0 Å². The minimum absolute atomic E-state index is 0.838. The molecule has 10 nitrogen and oxygen atoms in total. The number of hydrogen-bond acceptors (Lipinski definition) is 6. The normalized spacial score (nSPS) is 10.1. The van der Waals surface area contributed by atoms with Gasteiger partial charge in [0.15, 0.2) is 0 Å². The second-order valence-electron chi connectivity index (χ2n) is 6.47. The van der Waals surface area contributed by atoms with Crippen molar-refractivity contribution in [2.24, 2.45) is 14.1 Å². The van der Waals surface area contributed by atoms with Crippen LogP contribution in [0.3, 0.4) is 0 Å². The van der Waals surface area contributed by atoms with Crippen molar-refractivity contribution in [3.8, 4) is 0 Å². The summed E-state index contributed by atoms with van der Waals surface area (Å²) in [5.41, 5.74) is 12.3. The van der Waals surface area contributed by atoms with Crippen LogP contribution in [0.1, 0.15) is 11.1 Å². The van der Waals surface area contributed by atoms with Crippen molar-refractivity contribution in [1.82, 2.24) is 19.6 Å². The van der Waals surface area contributed by atoms with Crippen LogP contribution in [-0.4, -0.2) is 31.5 Å². The zero-order chi connectivity index (χ0) is 22.3. The van der Waals surface area contributed by atoms with E-state index in [0.717, 1.165) is 24.1 Å². The van der Waals surface area contributed by atoms with Gasteiger partial charge in [0.1, 0.15) is 0 Å². The number of aryl methyl sites for hydroxylation is 2. The summed E-state index contributed by atoms with van der Waals surface area (Å²) in [4.78, 5) is 17.9. The van der Waals surface area contributed by atoms with Crippen molar-refractivity contribution in [2.75, 3.05) is 0 Å². The maximum absolute atomic E-state index is 8.93. The Morgan fingerprint density at radius 2 is 1.17 bits per heavy atom. The third-order valence-corrected chi connectivity index (χ3v) is 4.11. The predicted octanol–water partition coefficient (Wildman–Crippen LogP) is -2.88. The molecule has 2 heterocycles. The molecule has 4 aromatic rings. The SMILES string of the molecule is Cn1cc2cc(C[NH3+])ccc2n1.Cn1cc2cc(C[NH3+])ccc2n1.O=C([O-])C(=O)[O-]. The van der Waals surface area contributed by atoms with Crippen molar-refractivity contribution in [1.29, 1.82) is 0 Å². The molecule has 0 amide bonds. The Balaban J connectivity index is 0.000000171. The Bertz CT molecular complexity index is 1070. The molecule has 0 spiro atoms. The monoisotopic (exact) mass is 412 g/mol. The van der Waals surface area contributed by atoms with Crippen LogP contribution in [0.25, 0.3) is 21.8 Å². The zero-order valence-electron chi connectivity index (χ0n) is 16.9. The van der Waals surface area contributed by atoms with Gasteiger partial charge in [-0.1, -0.05) is 12.1 Å². The van der Waals surface area contributed by atoms with Crippen LogP contribution in [-0.2, 0) is 36.8 Å². The Morgan fingerprint density at radius 3 is 1.47 bits per heavy atom. The van der Waals surface area contributed by atoms with E-state index in [1.54, 1.807) is 0 Å². The van der Waals surface area contributed by atoms with Crippen LogP contribution < -0.4 is 21.7 Å². The molecule has 0 aliphatic carbocycles. The highest BCUT2D eigenvalue weighted by Gasteiger charge is 1.99. The molecular formula is C20H24N6O4. The van der Waals surface area contributed by atoms with E-state index < -0.39 is 11.9 Å². The molecule has 4 rings (SSSR count). The second-order valence-corrected chi connectivity index (χ2v) is 6.47. The van der Waals surface area contributed by atoms with Gasteiger partial charge in [-0.05, 0) is 24.3 Å². The highest BCUT2D eigenvalue weighted by Crippen LogP contribution is 2.13. The number of carbonyl (C=O) groups is 2. The van der Waals surface area contributed by atoms with Gasteiger partial charge in [0.2, 0.25) is 0 Å². The molecule has 0 radical (unpaired) electrons. The Kier molecular flexibility index (Phi) is 7.62. The molecule has 2 aromatic heterocycles. The number of carboxylic acids is 2. The molecule has 6 N–H and O–H groups in total. The number of fused-ring (bicyclic) bond motifs is 2. The van der Waals surface area contributed by atoms with Gasteiger partial charge in [-0.3, -0.25) is 9.36 Å². The van der Waals surface area contributed by atoms with Crippen LogP contribution in [0, 0.1) is 0 Å². The summed E-state index contributed by atoms with van der Waals surface area (Å²) >= 11 is 0. The molecule has 2 aromatic carbocycles. The van der Waals surface area contributed by atoms with E-state index in [9.17, 15) is 0 Å². The van der Waals surface area contributed by atoms with Gasteiger partial charge in [-0.25, -0.2) is 0 Å². The Labute approximate surface area is 172 Å². The summed E-state index contributed by atoms with van der Waals surface area (Å²) in [6.07, 6.45) is 4.04. The maximum atomic E-state index is 8.93. The van der Waals surface area contributed by atoms with Gasteiger partial charge in [0, 0.05) is 48.4 Å². The molecule has 0 aliphatic rings. The molecule has 0 saturated carbocycles. The van der Waals surface area contributed by atoms with Crippen molar-refractivity contribution in [2.45, 2.75) is 13.1 Å². The quantitative estimate of drug-likeness (QED) is 0.335. The van der Waals surface area contributed by atoms with E-state index in [0.29, 0.717) is 0 Å². The molecule has 0 saturated heterocycles. The third kappa shape index (κ3) is 6.12. The Hall–Kier alpha value is -3.76. The van der Waals surface area contributed by atoms with Crippen LogP contribution in [0.15, 0.2) is 48.8 Å². The first-order valence-corrected chi connectivity index (χ1v) is 9.09. The Morgan fingerprint density at radius 1 is 0.800 bits per heavy atom. The summed E-state index contributed by atoms with van der Waals surface area (Å²) in [5, 5.41) is 28.8. The number of hydrogen-bond donors (Lipinski definition) is 2. The van der Waals surface area contributed by atoms with E-state index in [4.69, 9.17) is 19.8 Å². The summed E-state index contributed by atoms with van der Waals surface area (Å²) < 4.78 is 3.66. The van der Waals surface area contributed by atoms with Gasteiger partial charge in [0.05, 0.1) is 36.1 Å². The van der Waals surface area contributed by atoms with Crippen molar-refractivity contribution < 1.29 is 31.3 Å². The maximum Gasteiger partial charge on any atom is 0.0997 e. The largest absolute Gasteiger partial charge is 0.543 e. The third-order valence-electron chi connectivity index (χ3n) is 4.11. The number of carbonyl (C=O) groups excluding carboxylic acids is 2. The van der Waals surface area contributed by atoms with Gasteiger partial charge in [-0.2, -0.15) is 10.2 Å². The first-order chi connectivity index (χ1) is 14.2. The summed E-state index contributed by atoms with van der Waals surface area (Å²) in [5.74, 6) is -4.37. The molecule has 10 heteroatoms. The van der Waals surface area contributed by atoms with E-state index in [1.807, 2.05) is 48.0 Å². The topological polar surface area (TPSA) is 171 Å². The lowest BCUT2D eigenvalue weighted by molar-refractivity contribution is -0.386. The lowest BCUT2D eigenvalue weighted by atomic mass is 10.2. The van der Waals surface area contributed by atoms with Gasteiger partial charge in [-0.15, -0.1) is 0 Å². The molecule has 0 atom stereocenters. The fourth-order valence-corrected chi connectivity index (χ4v) is 2.71. The highest BCUT2D eigenvalue weighted by atomic mass is 16.4. The number of carboxylic acid groups (broad SMARTS) is 2. The fraction of sp³-hybridized carbons (Fsp3) is 0.200. The number of quaternary nitrogens is 2. The molecule has 0 aliphatic heterocycles. The van der Waals surface area contributed by atoms with Gasteiger partial charge in [0.25, 0.3) is 0 Å². The van der Waals surface area contributed by atoms with E-state index in [-0.39, 0.29) is 0 Å². The first-order valence-electron chi connectivity index (χ1n) is 9.09. The first kappa shape index (κ1) is 22.5. The smallest absolute Gasteiger partial charge is 0.0997 e.